The van der Waals surface area contributed by atoms with E-state index in [1.165, 1.54) is 0 Å². The maximum Gasteiger partial charge on any atom is 0.339 e. The summed E-state index contributed by atoms with van der Waals surface area (Å²) in [6, 6.07) is 16.4. The number of esters is 1. The summed E-state index contributed by atoms with van der Waals surface area (Å²) in [7, 11) is 0.0903. The van der Waals surface area contributed by atoms with Gasteiger partial charge in [0.2, 0.25) is 0 Å². The Labute approximate surface area is 175 Å². The minimum absolute atomic E-state index is 0.258. The van der Waals surface area contributed by atoms with Crippen LogP contribution in [0.5, 0.6) is 5.75 Å². The molecule has 5 heteroatoms. The minimum Gasteiger partial charge on any atom is -0.497 e. The molecule has 0 radical (unpaired) electrons. The van der Waals surface area contributed by atoms with Gasteiger partial charge >= 0.3 is 5.97 Å². The predicted octanol–water partition coefficient (Wildman–Crippen LogP) is 5.42. The van der Waals surface area contributed by atoms with E-state index in [1.807, 2.05) is 44.2 Å². The summed E-state index contributed by atoms with van der Waals surface area (Å²) in [6.07, 6.45) is 0. The molecule has 0 amide bonds. The van der Waals surface area contributed by atoms with Crippen molar-refractivity contribution in [3.05, 3.63) is 71.3 Å². The molecule has 0 fully saturated rings. The number of hydrogen-bond acceptors (Lipinski definition) is 4. The normalized spacial score (nSPS) is 21.2. The van der Waals surface area contributed by atoms with Gasteiger partial charge in [-0.2, -0.15) is 0 Å². The van der Waals surface area contributed by atoms with Crippen LogP contribution < -0.4 is 4.74 Å². The standard InChI is InChI=1S/C24H28O4S/c1-23(2,3)20-19(17-13-10-14-18(15-17)27-6)29(26)22(24(20,4)5)28-21(25)16-11-8-7-9-12-16/h7-15,22H,1-6H3. The molecular formula is C24H28O4S. The summed E-state index contributed by atoms with van der Waals surface area (Å²) in [5, 5.41) is 0. The molecule has 0 N–H and O–H groups in total. The Morgan fingerprint density at radius 2 is 1.69 bits per heavy atom. The molecular weight excluding hydrogens is 384 g/mol. The summed E-state index contributed by atoms with van der Waals surface area (Å²) >= 11 is 0. The first-order valence-corrected chi connectivity index (χ1v) is 10.8. The lowest BCUT2D eigenvalue weighted by molar-refractivity contribution is 0.0278. The predicted molar refractivity (Wildman–Crippen MR) is 117 cm³/mol. The fourth-order valence-electron chi connectivity index (χ4n) is 4.15. The van der Waals surface area contributed by atoms with Gasteiger partial charge < -0.3 is 9.47 Å². The van der Waals surface area contributed by atoms with E-state index in [0.717, 1.165) is 16.0 Å². The van der Waals surface area contributed by atoms with Crippen LogP contribution in [0.4, 0.5) is 0 Å². The van der Waals surface area contributed by atoms with E-state index >= 15 is 0 Å². The van der Waals surface area contributed by atoms with Crippen molar-refractivity contribution in [2.24, 2.45) is 10.8 Å². The van der Waals surface area contributed by atoms with Crippen molar-refractivity contribution in [1.29, 1.82) is 0 Å². The van der Waals surface area contributed by atoms with Gasteiger partial charge in [-0.15, -0.1) is 0 Å². The molecule has 1 aliphatic rings. The van der Waals surface area contributed by atoms with Gasteiger partial charge in [0.05, 0.1) is 28.4 Å². The second-order valence-corrected chi connectivity index (χ2v) is 10.2. The molecule has 0 aromatic heterocycles. The second kappa shape index (κ2) is 7.79. The van der Waals surface area contributed by atoms with E-state index in [4.69, 9.17) is 9.47 Å². The van der Waals surface area contributed by atoms with Crippen LogP contribution in [0.1, 0.15) is 50.5 Å². The molecule has 0 spiro atoms. The Morgan fingerprint density at radius 1 is 1.03 bits per heavy atom. The molecule has 0 aliphatic carbocycles. The third-order valence-corrected chi connectivity index (χ3v) is 7.08. The first-order valence-electron chi connectivity index (χ1n) is 9.63. The van der Waals surface area contributed by atoms with Crippen molar-refractivity contribution in [3.8, 4) is 5.75 Å². The third-order valence-electron chi connectivity index (χ3n) is 5.16. The van der Waals surface area contributed by atoms with Crippen LogP contribution >= 0.6 is 0 Å². The lowest BCUT2D eigenvalue weighted by Gasteiger charge is -2.35. The molecule has 2 aromatic rings. The maximum absolute atomic E-state index is 13.7. The number of hydrogen-bond donors (Lipinski definition) is 0. The Hall–Kier alpha value is -2.40. The number of rotatable bonds is 4. The molecule has 0 bridgehead atoms. The summed E-state index contributed by atoms with van der Waals surface area (Å²) < 4.78 is 24.9. The van der Waals surface area contributed by atoms with E-state index in [2.05, 4.69) is 20.8 Å². The van der Waals surface area contributed by atoms with Crippen molar-refractivity contribution in [2.45, 2.75) is 40.1 Å². The highest BCUT2D eigenvalue weighted by Gasteiger charge is 2.53. The average Bonchev–Trinajstić information content (AvgIpc) is 2.88. The fraction of sp³-hybridized carbons (Fsp3) is 0.375. The van der Waals surface area contributed by atoms with Crippen LogP contribution in [-0.2, 0) is 15.5 Å². The van der Waals surface area contributed by atoms with Crippen LogP contribution in [0.2, 0.25) is 0 Å². The van der Waals surface area contributed by atoms with Gasteiger partial charge in [-0.25, -0.2) is 4.79 Å². The SMILES string of the molecule is COc1cccc(C2=C(C(C)(C)C)C(C)(C)C(OC(=O)c3ccccc3)S2=O)c1. The second-order valence-electron chi connectivity index (χ2n) is 8.81. The molecule has 2 atom stereocenters. The zero-order chi connectivity index (χ0) is 21.4. The largest absolute Gasteiger partial charge is 0.497 e. The molecule has 4 nitrogen and oxygen atoms in total. The van der Waals surface area contributed by atoms with E-state index in [9.17, 15) is 9.00 Å². The lowest BCUT2D eigenvalue weighted by atomic mass is 9.70. The van der Waals surface area contributed by atoms with Crippen LogP contribution in [0.25, 0.3) is 4.91 Å². The number of methoxy groups -OCH3 is 1. The molecule has 1 heterocycles. The van der Waals surface area contributed by atoms with E-state index in [1.54, 1.807) is 31.4 Å². The molecule has 0 saturated carbocycles. The zero-order valence-corrected chi connectivity index (χ0v) is 18.6. The van der Waals surface area contributed by atoms with Crippen LogP contribution in [0.15, 0.2) is 60.2 Å². The smallest absolute Gasteiger partial charge is 0.339 e. The first-order chi connectivity index (χ1) is 13.6. The molecule has 2 unspecified atom stereocenters. The number of carbonyl (C=O) groups excluding carboxylic acids is 1. The highest BCUT2D eigenvalue weighted by atomic mass is 32.2. The highest BCUT2D eigenvalue weighted by Crippen LogP contribution is 2.55. The average molecular weight is 413 g/mol. The van der Waals surface area contributed by atoms with Crippen LogP contribution in [0.3, 0.4) is 0 Å². The Kier molecular flexibility index (Phi) is 5.72. The van der Waals surface area contributed by atoms with Crippen molar-refractivity contribution >= 4 is 21.7 Å². The van der Waals surface area contributed by atoms with Gasteiger partial charge in [0.25, 0.3) is 0 Å². The van der Waals surface area contributed by atoms with Crippen molar-refractivity contribution in [2.75, 3.05) is 7.11 Å². The van der Waals surface area contributed by atoms with Crippen molar-refractivity contribution in [3.63, 3.8) is 0 Å². The van der Waals surface area contributed by atoms with E-state index in [-0.39, 0.29) is 5.41 Å². The topological polar surface area (TPSA) is 52.6 Å². The van der Waals surface area contributed by atoms with Crippen molar-refractivity contribution in [1.82, 2.24) is 0 Å². The Balaban J connectivity index is 2.08. The van der Waals surface area contributed by atoms with Gasteiger partial charge in [-0.1, -0.05) is 65.0 Å². The Bertz CT molecular complexity index is 968. The first kappa shape index (κ1) is 21.3. The molecule has 0 saturated heterocycles. The highest BCUT2D eigenvalue weighted by molar-refractivity contribution is 7.95. The third kappa shape index (κ3) is 4.01. The van der Waals surface area contributed by atoms with Gasteiger partial charge in [0.1, 0.15) is 5.75 Å². The number of benzene rings is 2. The quantitative estimate of drug-likeness (QED) is 0.629. The number of carbonyl (C=O) groups is 1. The van der Waals surface area contributed by atoms with Gasteiger partial charge in [0.15, 0.2) is 5.44 Å². The summed E-state index contributed by atoms with van der Waals surface area (Å²) in [5.74, 6) is 0.236. The summed E-state index contributed by atoms with van der Waals surface area (Å²) in [5.41, 5.74) is 0.691. The maximum atomic E-state index is 13.7. The van der Waals surface area contributed by atoms with E-state index in [0.29, 0.717) is 11.3 Å². The molecule has 154 valence electrons. The Morgan fingerprint density at radius 3 is 2.28 bits per heavy atom. The lowest BCUT2D eigenvalue weighted by Crippen LogP contribution is -2.36. The molecule has 2 aromatic carbocycles. The zero-order valence-electron chi connectivity index (χ0n) is 17.8. The minimum atomic E-state index is -1.52. The monoisotopic (exact) mass is 412 g/mol. The molecule has 3 rings (SSSR count). The van der Waals surface area contributed by atoms with Crippen LogP contribution in [-0.4, -0.2) is 22.7 Å². The summed E-state index contributed by atoms with van der Waals surface area (Å²) in [6.45, 7) is 10.3. The van der Waals surface area contributed by atoms with E-state index < -0.39 is 27.6 Å². The molecule has 29 heavy (non-hydrogen) atoms. The fourth-order valence-corrected chi connectivity index (χ4v) is 6.32. The van der Waals surface area contributed by atoms with Gasteiger partial charge in [-0.3, -0.25) is 4.21 Å². The number of ether oxygens (including phenoxy) is 2. The summed E-state index contributed by atoms with van der Waals surface area (Å²) in [4.78, 5) is 13.5. The van der Waals surface area contributed by atoms with Gasteiger partial charge in [-0.05, 0) is 40.8 Å². The van der Waals surface area contributed by atoms with Crippen molar-refractivity contribution < 1.29 is 18.5 Å². The van der Waals surface area contributed by atoms with Crippen LogP contribution in [0, 0.1) is 10.8 Å². The molecule has 1 aliphatic heterocycles. The van der Waals surface area contributed by atoms with Gasteiger partial charge in [0, 0.05) is 5.41 Å².